The lowest BCUT2D eigenvalue weighted by Crippen LogP contribution is -2.43. The van der Waals surface area contributed by atoms with E-state index in [9.17, 15) is 18.4 Å². The Kier molecular flexibility index (Phi) is 6.74. The van der Waals surface area contributed by atoms with Crippen molar-refractivity contribution in [1.29, 1.82) is 0 Å². The Balaban J connectivity index is 2.56. The molecule has 116 valence electrons. The second-order valence-electron chi connectivity index (χ2n) is 4.51. The summed E-state index contributed by atoms with van der Waals surface area (Å²) in [7, 11) is 0. The third kappa shape index (κ3) is 5.86. The van der Waals surface area contributed by atoms with E-state index < -0.39 is 31.4 Å². The highest BCUT2D eigenvalue weighted by molar-refractivity contribution is 5.96. The lowest BCUT2D eigenvalue weighted by atomic mass is 10.1. The molecule has 0 aliphatic carbocycles. The summed E-state index contributed by atoms with van der Waals surface area (Å²) >= 11 is 0. The van der Waals surface area contributed by atoms with Crippen LogP contribution in [0, 0.1) is 6.92 Å². The molecule has 0 radical (unpaired) electrons. The Morgan fingerprint density at radius 2 is 2.10 bits per heavy atom. The van der Waals surface area contributed by atoms with Crippen molar-refractivity contribution < 1.29 is 23.5 Å². The number of alkyl halides is 2. The Morgan fingerprint density at radius 3 is 2.67 bits per heavy atom. The molecule has 0 aromatic heterocycles. The predicted molar refractivity (Wildman–Crippen MR) is 73.2 cm³/mol. The highest BCUT2D eigenvalue weighted by Gasteiger charge is 2.18. The molecular formula is C14H18F2N2O3. The molecule has 1 aromatic carbocycles. The molecule has 0 atom stereocenters. The first-order chi connectivity index (χ1) is 9.93. The van der Waals surface area contributed by atoms with Crippen LogP contribution in [0.15, 0.2) is 24.3 Å². The van der Waals surface area contributed by atoms with Crippen LogP contribution in [0.1, 0.15) is 15.9 Å². The van der Waals surface area contributed by atoms with Crippen LogP contribution in [0.5, 0.6) is 0 Å². The first-order valence-corrected chi connectivity index (χ1v) is 6.45. The number of aryl methyl sites for hydroxylation is 1. The number of aliphatic hydroxyl groups is 1. The molecule has 2 amide bonds. The van der Waals surface area contributed by atoms with Gasteiger partial charge in [-0.05, 0) is 19.1 Å². The molecule has 0 aliphatic rings. The number of halogens is 2. The highest BCUT2D eigenvalue weighted by atomic mass is 19.3. The Bertz CT molecular complexity index is 495. The van der Waals surface area contributed by atoms with Crippen molar-refractivity contribution in [2.45, 2.75) is 13.3 Å². The average molecular weight is 300 g/mol. The minimum atomic E-state index is -2.69. The predicted octanol–water partition coefficient (Wildman–Crippen LogP) is 0.811. The normalized spacial score (nSPS) is 10.5. The second-order valence-corrected chi connectivity index (χ2v) is 4.51. The number of nitrogens with zero attached hydrogens (tertiary/aromatic N) is 1. The van der Waals surface area contributed by atoms with E-state index in [1.165, 1.54) is 0 Å². The van der Waals surface area contributed by atoms with E-state index in [0.29, 0.717) is 5.56 Å². The zero-order chi connectivity index (χ0) is 15.8. The first kappa shape index (κ1) is 17.0. The quantitative estimate of drug-likeness (QED) is 0.783. The number of nitrogens with one attached hydrogen (secondary N) is 1. The lowest BCUT2D eigenvalue weighted by Gasteiger charge is -2.21. The molecule has 1 aromatic rings. The van der Waals surface area contributed by atoms with Gasteiger partial charge in [-0.1, -0.05) is 17.7 Å². The SMILES string of the molecule is Cc1cccc(C(=O)NCC(=O)N(CCO)CC(F)F)c1. The van der Waals surface area contributed by atoms with Gasteiger partial charge in [-0.3, -0.25) is 9.59 Å². The summed E-state index contributed by atoms with van der Waals surface area (Å²) in [4.78, 5) is 24.4. The molecular weight excluding hydrogens is 282 g/mol. The van der Waals surface area contributed by atoms with E-state index >= 15 is 0 Å². The topological polar surface area (TPSA) is 69.6 Å². The van der Waals surface area contributed by atoms with Gasteiger partial charge in [0.2, 0.25) is 5.91 Å². The van der Waals surface area contributed by atoms with E-state index in [1.807, 2.05) is 13.0 Å². The number of hydrogen-bond donors (Lipinski definition) is 2. The van der Waals surface area contributed by atoms with Crippen molar-refractivity contribution in [3.63, 3.8) is 0 Å². The van der Waals surface area contributed by atoms with Crippen LogP contribution in [-0.4, -0.2) is 54.5 Å². The van der Waals surface area contributed by atoms with Gasteiger partial charge in [-0.25, -0.2) is 8.78 Å². The van der Waals surface area contributed by atoms with Crippen molar-refractivity contribution in [3.8, 4) is 0 Å². The maximum Gasteiger partial charge on any atom is 0.255 e. The maximum atomic E-state index is 12.3. The van der Waals surface area contributed by atoms with Gasteiger partial charge in [0, 0.05) is 12.1 Å². The lowest BCUT2D eigenvalue weighted by molar-refractivity contribution is -0.132. The molecule has 21 heavy (non-hydrogen) atoms. The second kappa shape index (κ2) is 8.31. The fourth-order valence-corrected chi connectivity index (χ4v) is 1.76. The van der Waals surface area contributed by atoms with Crippen LogP contribution in [0.4, 0.5) is 8.78 Å². The molecule has 0 saturated heterocycles. The number of rotatable bonds is 7. The van der Waals surface area contributed by atoms with Gasteiger partial charge in [0.25, 0.3) is 12.3 Å². The largest absolute Gasteiger partial charge is 0.395 e. The van der Waals surface area contributed by atoms with Crippen LogP contribution in [0.2, 0.25) is 0 Å². The first-order valence-electron chi connectivity index (χ1n) is 6.45. The fraction of sp³-hybridized carbons (Fsp3) is 0.429. The summed E-state index contributed by atoms with van der Waals surface area (Å²) in [5.41, 5.74) is 1.29. The van der Waals surface area contributed by atoms with E-state index in [-0.39, 0.29) is 13.1 Å². The summed E-state index contributed by atoms with van der Waals surface area (Å²) in [5, 5.41) is 11.1. The third-order valence-electron chi connectivity index (χ3n) is 2.76. The van der Waals surface area contributed by atoms with Crippen molar-refractivity contribution >= 4 is 11.8 Å². The molecule has 7 heteroatoms. The molecule has 0 fully saturated rings. The van der Waals surface area contributed by atoms with Crippen molar-refractivity contribution in [2.24, 2.45) is 0 Å². The van der Waals surface area contributed by atoms with Crippen molar-refractivity contribution in [1.82, 2.24) is 10.2 Å². The summed E-state index contributed by atoms with van der Waals surface area (Å²) in [5.74, 6) is -1.11. The van der Waals surface area contributed by atoms with E-state index in [2.05, 4.69) is 5.32 Å². The van der Waals surface area contributed by atoms with Crippen molar-refractivity contribution in [3.05, 3.63) is 35.4 Å². The van der Waals surface area contributed by atoms with Crippen LogP contribution < -0.4 is 5.32 Å². The molecule has 0 aliphatic heterocycles. The molecule has 2 N–H and O–H groups in total. The van der Waals surface area contributed by atoms with E-state index in [1.54, 1.807) is 18.2 Å². The van der Waals surface area contributed by atoms with Gasteiger partial charge in [0.05, 0.1) is 19.7 Å². The number of benzene rings is 1. The summed E-state index contributed by atoms with van der Waals surface area (Å²) < 4.78 is 24.6. The Hall–Kier alpha value is -2.02. The van der Waals surface area contributed by atoms with Gasteiger partial charge in [0.15, 0.2) is 0 Å². The van der Waals surface area contributed by atoms with Crippen LogP contribution in [0.25, 0.3) is 0 Å². The van der Waals surface area contributed by atoms with E-state index in [4.69, 9.17) is 5.11 Å². The van der Waals surface area contributed by atoms with Crippen LogP contribution in [0.3, 0.4) is 0 Å². The third-order valence-corrected chi connectivity index (χ3v) is 2.76. The Morgan fingerprint density at radius 1 is 1.38 bits per heavy atom. The number of amides is 2. The monoisotopic (exact) mass is 300 g/mol. The number of hydrogen-bond acceptors (Lipinski definition) is 3. The summed E-state index contributed by atoms with van der Waals surface area (Å²) in [6.45, 7) is 0.0700. The zero-order valence-electron chi connectivity index (χ0n) is 11.7. The summed E-state index contributed by atoms with van der Waals surface area (Å²) in [6, 6.07) is 6.79. The molecule has 0 spiro atoms. The smallest absolute Gasteiger partial charge is 0.255 e. The number of aliphatic hydroxyl groups excluding tert-OH is 1. The molecule has 1 rings (SSSR count). The minimum Gasteiger partial charge on any atom is -0.395 e. The van der Waals surface area contributed by atoms with Crippen LogP contribution >= 0.6 is 0 Å². The van der Waals surface area contributed by atoms with Crippen molar-refractivity contribution in [2.75, 3.05) is 26.2 Å². The fourth-order valence-electron chi connectivity index (χ4n) is 1.76. The summed E-state index contributed by atoms with van der Waals surface area (Å²) in [6.07, 6.45) is -2.69. The zero-order valence-corrected chi connectivity index (χ0v) is 11.7. The van der Waals surface area contributed by atoms with Gasteiger partial charge in [0.1, 0.15) is 0 Å². The highest BCUT2D eigenvalue weighted by Crippen LogP contribution is 2.04. The van der Waals surface area contributed by atoms with Gasteiger partial charge >= 0.3 is 0 Å². The molecule has 0 heterocycles. The minimum absolute atomic E-state index is 0.191. The molecule has 0 saturated carbocycles. The van der Waals surface area contributed by atoms with Gasteiger partial charge < -0.3 is 15.3 Å². The van der Waals surface area contributed by atoms with Gasteiger partial charge in [-0.2, -0.15) is 0 Å². The standard InChI is InChI=1S/C14H18F2N2O3/c1-10-3-2-4-11(7-10)14(21)17-8-13(20)18(5-6-19)9-12(15)16/h2-4,7,12,19H,5-6,8-9H2,1H3,(H,17,21). The van der Waals surface area contributed by atoms with E-state index in [0.717, 1.165) is 10.5 Å². The molecule has 0 bridgehead atoms. The maximum absolute atomic E-state index is 12.3. The number of carbonyl (C=O) groups is 2. The number of carbonyl (C=O) groups excluding carboxylic acids is 2. The average Bonchev–Trinajstić information content (AvgIpc) is 2.43. The molecule has 5 nitrogen and oxygen atoms in total. The Labute approximate surface area is 121 Å². The molecule has 0 unspecified atom stereocenters. The van der Waals surface area contributed by atoms with Gasteiger partial charge in [-0.15, -0.1) is 0 Å². The van der Waals surface area contributed by atoms with Crippen LogP contribution in [-0.2, 0) is 4.79 Å².